The number of nitrogens with zero attached hydrogens (tertiary/aromatic N) is 4. The van der Waals surface area contributed by atoms with Gasteiger partial charge < -0.3 is 4.74 Å². The lowest BCUT2D eigenvalue weighted by molar-refractivity contribution is 0.391. The van der Waals surface area contributed by atoms with Crippen LogP contribution < -0.4 is 4.74 Å². The minimum atomic E-state index is 0.297. The van der Waals surface area contributed by atoms with Gasteiger partial charge in [0.15, 0.2) is 0 Å². The van der Waals surface area contributed by atoms with Crippen LogP contribution in [0, 0.1) is 18.8 Å². The monoisotopic (exact) mass is 684 g/mol. The first kappa shape index (κ1) is 33.7. The smallest absolute Gasteiger partial charge is 0.137 e. The van der Waals surface area contributed by atoms with Crippen LogP contribution in [0.1, 0.15) is 82.2 Å². The van der Waals surface area contributed by atoms with Crippen molar-refractivity contribution in [3.05, 3.63) is 143 Å². The summed E-state index contributed by atoms with van der Waals surface area (Å²) in [5.41, 5.74) is 11.8. The maximum Gasteiger partial charge on any atom is 0.137 e. The maximum absolute atomic E-state index is 6.83. The van der Waals surface area contributed by atoms with Crippen molar-refractivity contribution < 1.29 is 4.74 Å². The van der Waals surface area contributed by atoms with E-state index in [2.05, 4.69) is 167 Å². The molecule has 0 bridgehead atoms. The normalized spacial score (nSPS) is 17.6. The number of rotatable bonds is 8. The van der Waals surface area contributed by atoms with Gasteiger partial charge >= 0.3 is 0 Å². The Bertz CT molecular complexity index is 2450. The summed E-state index contributed by atoms with van der Waals surface area (Å²) in [7, 11) is 0. The van der Waals surface area contributed by atoms with Gasteiger partial charge in [-0.1, -0.05) is 94.8 Å². The largest absolute Gasteiger partial charge is 0.457 e. The van der Waals surface area contributed by atoms with Crippen molar-refractivity contribution in [3.8, 4) is 34.3 Å². The highest BCUT2D eigenvalue weighted by Crippen LogP contribution is 2.46. The van der Waals surface area contributed by atoms with Crippen LogP contribution in [0.3, 0.4) is 0 Å². The lowest BCUT2D eigenvalue weighted by Gasteiger charge is -2.32. The minimum absolute atomic E-state index is 0.297. The molecule has 7 aromatic rings. The molecule has 0 N–H and O–H groups in total. The van der Waals surface area contributed by atoms with Crippen molar-refractivity contribution in [2.24, 2.45) is 11.8 Å². The van der Waals surface area contributed by atoms with E-state index in [1.54, 1.807) is 0 Å². The molecule has 3 heterocycles. The van der Waals surface area contributed by atoms with Crippen molar-refractivity contribution in [2.45, 2.75) is 73.1 Å². The van der Waals surface area contributed by atoms with Crippen molar-refractivity contribution >= 4 is 21.8 Å². The number of fused-ring (bicyclic) bond motifs is 3. The summed E-state index contributed by atoms with van der Waals surface area (Å²) in [6.07, 6.45) is 6.50. The van der Waals surface area contributed by atoms with Gasteiger partial charge in [0, 0.05) is 46.1 Å². The van der Waals surface area contributed by atoms with E-state index in [9.17, 15) is 0 Å². The zero-order chi connectivity index (χ0) is 36.1. The zero-order valence-electron chi connectivity index (χ0n) is 31.4. The average molecular weight is 685 g/mol. The van der Waals surface area contributed by atoms with E-state index in [0.29, 0.717) is 23.7 Å². The number of ether oxygens (including phenoxy) is 1. The van der Waals surface area contributed by atoms with Gasteiger partial charge in [0.25, 0.3) is 0 Å². The lowest BCUT2D eigenvalue weighted by Crippen LogP contribution is -2.20. The molecular formula is C47H48N4O. The average Bonchev–Trinajstić information content (AvgIpc) is 3.65. The molecule has 1 unspecified atom stereocenters. The summed E-state index contributed by atoms with van der Waals surface area (Å²) in [5.74, 6) is 4.20. The number of pyridine rings is 1. The fourth-order valence-electron chi connectivity index (χ4n) is 8.60. The van der Waals surface area contributed by atoms with Gasteiger partial charge in [0.2, 0.25) is 0 Å². The summed E-state index contributed by atoms with van der Waals surface area (Å²) in [5, 5.41) is 7.69. The Morgan fingerprint density at radius 3 is 2.35 bits per heavy atom. The number of hydrogen-bond acceptors (Lipinski definition) is 3. The van der Waals surface area contributed by atoms with Crippen LogP contribution in [0.4, 0.5) is 0 Å². The first-order chi connectivity index (χ1) is 25.2. The van der Waals surface area contributed by atoms with Crippen molar-refractivity contribution in [3.63, 3.8) is 0 Å². The molecule has 5 heteroatoms. The summed E-state index contributed by atoms with van der Waals surface area (Å²) in [6, 6.07) is 36.6. The molecule has 0 fully saturated rings. The summed E-state index contributed by atoms with van der Waals surface area (Å²) >= 11 is 0. The molecule has 0 saturated carbocycles. The fourth-order valence-corrected chi connectivity index (χ4v) is 8.60. The van der Waals surface area contributed by atoms with Crippen LogP contribution in [0.2, 0.25) is 0 Å². The zero-order valence-corrected chi connectivity index (χ0v) is 31.4. The number of para-hydroxylation sites is 1. The molecule has 8 rings (SSSR count). The Hall–Kier alpha value is -5.42. The summed E-state index contributed by atoms with van der Waals surface area (Å²) in [4.78, 5) is 4.82. The fraction of sp³-hybridized carbons (Fsp3) is 0.277. The first-order valence-corrected chi connectivity index (χ1v) is 18.8. The topological polar surface area (TPSA) is 44.9 Å². The van der Waals surface area contributed by atoms with Gasteiger partial charge in [0.1, 0.15) is 17.3 Å². The van der Waals surface area contributed by atoms with E-state index in [-0.39, 0.29) is 0 Å². The van der Waals surface area contributed by atoms with E-state index in [4.69, 9.17) is 14.8 Å². The number of hydrogen-bond donors (Lipinski definition) is 0. The molecule has 5 nitrogen and oxygen atoms in total. The quantitative estimate of drug-likeness (QED) is 0.150. The number of benzene rings is 4. The molecule has 1 aliphatic rings. The van der Waals surface area contributed by atoms with Crippen molar-refractivity contribution in [1.29, 1.82) is 0 Å². The van der Waals surface area contributed by atoms with Gasteiger partial charge in [-0.2, -0.15) is 5.10 Å². The van der Waals surface area contributed by atoms with Crippen LogP contribution in [-0.4, -0.2) is 19.3 Å². The van der Waals surface area contributed by atoms with Crippen molar-refractivity contribution in [1.82, 2.24) is 19.3 Å². The van der Waals surface area contributed by atoms with Gasteiger partial charge in [-0.15, -0.1) is 0 Å². The third kappa shape index (κ3) is 6.02. The van der Waals surface area contributed by atoms with Crippen molar-refractivity contribution in [2.75, 3.05) is 0 Å². The van der Waals surface area contributed by atoms with Crippen LogP contribution >= 0.6 is 0 Å². The lowest BCUT2D eigenvalue weighted by atomic mass is 9.72. The molecule has 0 spiro atoms. The molecule has 0 aliphatic heterocycles. The Morgan fingerprint density at radius 1 is 0.808 bits per heavy atom. The second-order valence-corrected chi connectivity index (χ2v) is 15.1. The van der Waals surface area contributed by atoms with Crippen LogP contribution in [0.5, 0.6) is 11.5 Å². The summed E-state index contributed by atoms with van der Waals surface area (Å²) < 4.78 is 11.3. The second-order valence-electron chi connectivity index (χ2n) is 15.1. The molecule has 1 aliphatic carbocycles. The number of aryl methyl sites for hydroxylation is 2. The molecule has 0 radical (unpaired) electrons. The van der Waals surface area contributed by atoms with E-state index >= 15 is 0 Å². The Morgan fingerprint density at radius 2 is 1.58 bits per heavy atom. The van der Waals surface area contributed by atoms with Gasteiger partial charge in [0.05, 0.1) is 28.1 Å². The van der Waals surface area contributed by atoms with E-state index < -0.39 is 0 Å². The molecule has 3 atom stereocenters. The first-order valence-electron chi connectivity index (χ1n) is 18.8. The SMILES string of the molecule is CCc1ccnc(-n2c3ccccc3c3ccc(Oc4cc(C(C)C)cc(-n5nc(C)c(C6C(C)=C[C@H](C)C[C@@H]6C)c5-c5ccccc5)c4)cc32)c1. The Kier molecular flexibility index (Phi) is 8.82. The van der Waals surface area contributed by atoms with Gasteiger partial charge in [-0.05, 0) is 98.0 Å². The predicted molar refractivity (Wildman–Crippen MR) is 215 cm³/mol. The van der Waals surface area contributed by atoms with E-state index in [1.807, 2.05) is 6.20 Å². The molecule has 262 valence electrons. The minimum Gasteiger partial charge on any atom is -0.457 e. The van der Waals surface area contributed by atoms with Crippen LogP contribution in [-0.2, 0) is 6.42 Å². The Labute approximate surface area is 307 Å². The van der Waals surface area contributed by atoms with E-state index in [0.717, 1.165) is 51.8 Å². The number of aromatic nitrogens is 4. The molecule has 0 saturated heterocycles. The Balaban J connectivity index is 1.27. The third-order valence-electron chi connectivity index (χ3n) is 11.0. The van der Waals surface area contributed by atoms with Gasteiger partial charge in [-0.3, -0.25) is 4.57 Å². The van der Waals surface area contributed by atoms with Gasteiger partial charge in [-0.25, -0.2) is 9.67 Å². The van der Waals surface area contributed by atoms with Crippen LogP contribution in [0.25, 0.3) is 44.6 Å². The van der Waals surface area contributed by atoms with E-state index in [1.165, 1.54) is 45.0 Å². The highest BCUT2D eigenvalue weighted by Gasteiger charge is 2.33. The predicted octanol–water partition coefficient (Wildman–Crippen LogP) is 12.5. The molecule has 3 aromatic heterocycles. The maximum atomic E-state index is 6.83. The number of allylic oxidation sites excluding steroid dienone is 2. The highest BCUT2D eigenvalue weighted by molar-refractivity contribution is 6.09. The second kappa shape index (κ2) is 13.6. The molecule has 52 heavy (non-hydrogen) atoms. The third-order valence-corrected chi connectivity index (χ3v) is 11.0. The molecular weight excluding hydrogens is 637 g/mol. The molecule has 0 amide bonds. The standard InChI is InChI=1S/C47H48N4O/c1-8-34-20-21-48-44(24-34)50-42-17-13-12-16-40(42)41-19-18-38(28-43(41)50)52-39-26-36(29(2)3)25-37(27-39)51-47(35-14-10-9-11-15-35)46(33(7)49-51)45-31(5)22-30(4)23-32(45)6/h9-22,24-30,32,45H,8,23H2,1-7H3/t30-,32-,45?/m0/s1. The highest BCUT2D eigenvalue weighted by atomic mass is 16.5. The van der Waals surface area contributed by atoms with Crippen LogP contribution in [0.15, 0.2) is 121 Å². The molecule has 4 aromatic carbocycles. The summed E-state index contributed by atoms with van der Waals surface area (Å²) in [6.45, 7) is 15.9.